The van der Waals surface area contributed by atoms with Crippen LogP contribution in [0.4, 0.5) is 4.79 Å². The highest BCUT2D eigenvalue weighted by atomic mass is 16.5. The number of aromatic nitrogens is 4. The summed E-state index contributed by atoms with van der Waals surface area (Å²) in [6, 6.07) is 11.9. The van der Waals surface area contributed by atoms with Crippen LogP contribution in [0, 0.1) is 13.8 Å². The quantitative estimate of drug-likeness (QED) is 0.735. The second kappa shape index (κ2) is 7.84. The van der Waals surface area contributed by atoms with E-state index in [9.17, 15) is 4.79 Å². The van der Waals surface area contributed by atoms with Crippen molar-refractivity contribution < 1.29 is 9.32 Å². The minimum absolute atomic E-state index is 0.0594. The van der Waals surface area contributed by atoms with Crippen LogP contribution in [0.15, 0.2) is 40.9 Å². The van der Waals surface area contributed by atoms with Gasteiger partial charge in [0.25, 0.3) is 5.89 Å². The molecule has 3 heterocycles. The molecule has 0 bridgehead atoms. The third-order valence-electron chi connectivity index (χ3n) is 4.95. The molecule has 1 N–H and O–H groups in total. The van der Waals surface area contributed by atoms with E-state index in [4.69, 9.17) is 4.52 Å². The predicted molar refractivity (Wildman–Crippen MR) is 104 cm³/mol. The number of carbonyl (C=O) groups is 1. The Bertz CT molecular complexity index is 949. The van der Waals surface area contributed by atoms with Gasteiger partial charge in [-0.3, -0.25) is 4.68 Å². The molecule has 2 aromatic heterocycles. The number of nitrogens with zero attached hydrogens (tertiary/aromatic N) is 5. The third kappa shape index (κ3) is 3.90. The van der Waals surface area contributed by atoms with Crippen LogP contribution in [-0.4, -0.2) is 50.5 Å². The third-order valence-corrected chi connectivity index (χ3v) is 4.95. The van der Waals surface area contributed by atoms with Gasteiger partial charge in [-0.2, -0.15) is 10.1 Å². The second-order valence-electron chi connectivity index (χ2n) is 7.12. The molecular weight excluding hydrogens is 356 g/mol. The molecule has 1 aliphatic rings. The number of aryl methyl sites for hydroxylation is 2. The summed E-state index contributed by atoms with van der Waals surface area (Å²) >= 11 is 0. The van der Waals surface area contributed by atoms with E-state index in [1.165, 1.54) is 0 Å². The highest BCUT2D eigenvalue weighted by molar-refractivity contribution is 5.74. The van der Waals surface area contributed by atoms with Crippen molar-refractivity contribution in [2.45, 2.75) is 32.7 Å². The highest BCUT2D eigenvalue weighted by Gasteiger charge is 2.28. The predicted octanol–water partition coefficient (Wildman–Crippen LogP) is 2.75. The van der Waals surface area contributed by atoms with E-state index in [1.54, 1.807) is 0 Å². The summed E-state index contributed by atoms with van der Waals surface area (Å²) in [5, 5.41) is 11.5. The molecule has 0 radical (unpaired) electrons. The molecule has 3 aromatic rings. The topological polar surface area (TPSA) is 89.1 Å². The van der Waals surface area contributed by atoms with E-state index in [0.717, 1.165) is 29.9 Å². The van der Waals surface area contributed by atoms with Gasteiger partial charge in [0.05, 0.1) is 11.7 Å². The molecule has 8 heteroatoms. The summed E-state index contributed by atoms with van der Waals surface area (Å²) in [7, 11) is 0. The van der Waals surface area contributed by atoms with Gasteiger partial charge in [-0.1, -0.05) is 23.4 Å². The first-order chi connectivity index (χ1) is 13.6. The Morgan fingerprint density at radius 3 is 2.86 bits per heavy atom. The fourth-order valence-electron chi connectivity index (χ4n) is 3.59. The summed E-state index contributed by atoms with van der Waals surface area (Å²) in [6.45, 7) is 5.92. The van der Waals surface area contributed by atoms with Gasteiger partial charge in [-0.05, 0) is 38.5 Å². The molecule has 1 aliphatic heterocycles. The Morgan fingerprint density at radius 1 is 1.29 bits per heavy atom. The summed E-state index contributed by atoms with van der Waals surface area (Å²) < 4.78 is 7.33. The van der Waals surface area contributed by atoms with Crippen LogP contribution >= 0.6 is 0 Å². The molecule has 8 nitrogen and oxygen atoms in total. The average molecular weight is 380 g/mol. The minimum atomic E-state index is -0.0594. The Labute approximate surface area is 163 Å². The minimum Gasteiger partial charge on any atom is -0.338 e. The Morgan fingerprint density at radius 2 is 2.11 bits per heavy atom. The van der Waals surface area contributed by atoms with Crippen molar-refractivity contribution in [3.8, 4) is 11.5 Å². The van der Waals surface area contributed by atoms with Crippen molar-refractivity contribution >= 4 is 6.03 Å². The maximum Gasteiger partial charge on any atom is 0.317 e. The van der Waals surface area contributed by atoms with Crippen LogP contribution in [0.25, 0.3) is 11.5 Å². The van der Waals surface area contributed by atoms with Crippen molar-refractivity contribution in [3.05, 3.63) is 53.6 Å². The van der Waals surface area contributed by atoms with E-state index in [0.29, 0.717) is 31.2 Å². The lowest BCUT2D eigenvalue weighted by Crippen LogP contribution is -2.39. The fraction of sp³-hybridized carbons (Fsp3) is 0.400. The normalized spacial score (nSPS) is 16.5. The fourth-order valence-corrected chi connectivity index (χ4v) is 3.59. The molecule has 146 valence electrons. The number of urea groups is 1. The SMILES string of the molecule is Cc1cc(C)n([C@@H]2CCN(C(=O)NCCc3noc(-c4ccccc4)n3)C2)n1. The second-order valence-corrected chi connectivity index (χ2v) is 7.12. The zero-order valence-corrected chi connectivity index (χ0v) is 16.1. The molecule has 28 heavy (non-hydrogen) atoms. The first-order valence-electron chi connectivity index (χ1n) is 9.53. The van der Waals surface area contributed by atoms with Crippen molar-refractivity contribution in [1.82, 2.24) is 30.1 Å². The van der Waals surface area contributed by atoms with E-state index >= 15 is 0 Å². The number of likely N-dealkylation sites (tertiary alicyclic amines) is 1. The Balaban J connectivity index is 1.26. The van der Waals surface area contributed by atoms with Crippen molar-refractivity contribution in [3.63, 3.8) is 0 Å². The van der Waals surface area contributed by atoms with Gasteiger partial charge < -0.3 is 14.7 Å². The van der Waals surface area contributed by atoms with Gasteiger partial charge in [0.1, 0.15) is 0 Å². The molecule has 4 rings (SSSR count). The molecule has 0 spiro atoms. The Kier molecular flexibility index (Phi) is 5.10. The smallest absolute Gasteiger partial charge is 0.317 e. The maximum atomic E-state index is 12.5. The van der Waals surface area contributed by atoms with Gasteiger partial charge in [0.15, 0.2) is 5.82 Å². The summed E-state index contributed by atoms with van der Waals surface area (Å²) in [5.74, 6) is 1.08. The summed E-state index contributed by atoms with van der Waals surface area (Å²) in [4.78, 5) is 18.7. The lowest BCUT2D eigenvalue weighted by atomic mass is 10.2. The van der Waals surface area contributed by atoms with Crippen molar-refractivity contribution in [2.24, 2.45) is 0 Å². The van der Waals surface area contributed by atoms with Crippen LogP contribution in [0.3, 0.4) is 0 Å². The maximum absolute atomic E-state index is 12.5. The number of nitrogens with one attached hydrogen (secondary N) is 1. The molecular formula is C20H24N6O2. The molecule has 1 saturated heterocycles. The Hall–Kier alpha value is -3.16. The van der Waals surface area contributed by atoms with Crippen LogP contribution < -0.4 is 5.32 Å². The van der Waals surface area contributed by atoms with Crippen molar-refractivity contribution in [2.75, 3.05) is 19.6 Å². The van der Waals surface area contributed by atoms with E-state index in [2.05, 4.69) is 33.5 Å². The van der Waals surface area contributed by atoms with Gasteiger partial charge in [0, 0.05) is 37.3 Å². The van der Waals surface area contributed by atoms with Crippen molar-refractivity contribution in [1.29, 1.82) is 0 Å². The molecule has 0 unspecified atom stereocenters. The van der Waals surface area contributed by atoms with Crippen LogP contribution in [0.5, 0.6) is 0 Å². The lowest BCUT2D eigenvalue weighted by Gasteiger charge is -2.18. The zero-order valence-electron chi connectivity index (χ0n) is 16.1. The van der Waals surface area contributed by atoms with Crippen LogP contribution in [0.1, 0.15) is 29.7 Å². The summed E-state index contributed by atoms with van der Waals surface area (Å²) in [5.41, 5.74) is 3.03. The molecule has 1 aromatic carbocycles. The first kappa shape index (κ1) is 18.2. The van der Waals surface area contributed by atoms with E-state index in [-0.39, 0.29) is 12.1 Å². The summed E-state index contributed by atoms with van der Waals surface area (Å²) in [6.07, 6.45) is 1.44. The standard InChI is InChI=1S/C20H24N6O2/c1-14-12-15(2)26(23-14)17-9-11-25(13-17)20(27)21-10-8-18-22-19(28-24-18)16-6-4-3-5-7-16/h3-7,12,17H,8-11,13H2,1-2H3,(H,21,27)/t17-/m1/s1. The van der Waals surface area contributed by atoms with Gasteiger partial charge in [-0.25, -0.2) is 4.79 Å². The lowest BCUT2D eigenvalue weighted by molar-refractivity contribution is 0.207. The van der Waals surface area contributed by atoms with Crippen LogP contribution in [-0.2, 0) is 6.42 Å². The number of hydrogen-bond acceptors (Lipinski definition) is 5. The monoisotopic (exact) mass is 380 g/mol. The van der Waals surface area contributed by atoms with Gasteiger partial charge in [-0.15, -0.1) is 0 Å². The zero-order chi connectivity index (χ0) is 19.5. The van der Waals surface area contributed by atoms with E-state index in [1.807, 2.05) is 46.8 Å². The molecule has 1 atom stereocenters. The molecule has 2 amide bonds. The number of carbonyl (C=O) groups excluding carboxylic acids is 1. The van der Waals surface area contributed by atoms with Crippen LogP contribution in [0.2, 0.25) is 0 Å². The number of amides is 2. The largest absolute Gasteiger partial charge is 0.338 e. The molecule has 0 saturated carbocycles. The molecule has 0 aliphatic carbocycles. The number of hydrogen-bond donors (Lipinski definition) is 1. The van der Waals surface area contributed by atoms with Gasteiger partial charge >= 0.3 is 6.03 Å². The number of benzene rings is 1. The number of rotatable bonds is 5. The molecule has 1 fully saturated rings. The van der Waals surface area contributed by atoms with Gasteiger partial charge in [0.2, 0.25) is 0 Å². The highest BCUT2D eigenvalue weighted by Crippen LogP contribution is 2.23. The first-order valence-corrected chi connectivity index (χ1v) is 9.53. The van der Waals surface area contributed by atoms with E-state index < -0.39 is 0 Å². The average Bonchev–Trinajstić information content (AvgIpc) is 3.42.